The molecule has 0 radical (unpaired) electrons. The molecule has 1 atom stereocenters. The zero-order valence-corrected chi connectivity index (χ0v) is 19.7. The van der Waals surface area contributed by atoms with Gasteiger partial charge in [-0.15, -0.1) is 0 Å². The lowest BCUT2D eigenvalue weighted by molar-refractivity contribution is 0.0615. The Morgan fingerprint density at radius 3 is 2.62 bits per heavy atom. The quantitative estimate of drug-likeness (QED) is 0.625. The van der Waals surface area contributed by atoms with E-state index in [2.05, 4.69) is 15.4 Å². The Balaban J connectivity index is 1.67. The highest BCUT2D eigenvalue weighted by molar-refractivity contribution is 7.22. The molecule has 0 spiro atoms. The summed E-state index contributed by atoms with van der Waals surface area (Å²) in [6, 6.07) is 7.33. The first-order valence-corrected chi connectivity index (χ1v) is 11.7. The topological polar surface area (TPSA) is 100 Å². The molecule has 2 amide bonds. The van der Waals surface area contributed by atoms with Crippen molar-refractivity contribution in [3.8, 4) is 0 Å². The molecular formula is C23H29N5O3S. The van der Waals surface area contributed by atoms with Crippen molar-refractivity contribution in [3.63, 3.8) is 0 Å². The molecule has 3 heterocycles. The number of carbonyl (C=O) groups excluding carboxylic acids is 2. The summed E-state index contributed by atoms with van der Waals surface area (Å²) in [5.41, 5.74) is 2.17. The number of aromatic nitrogens is 3. The molecule has 2 aromatic heterocycles. The lowest BCUT2D eigenvalue weighted by atomic mass is 9.99. The van der Waals surface area contributed by atoms with Gasteiger partial charge in [-0.25, -0.2) is 4.68 Å². The number of benzene rings is 1. The number of nitrogens with one attached hydrogen (secondary N) is 1. The minimum atomic E-state index is -0.390. The summed E-state index contributed by atoms with van der Waals surface area (Å²) in [4.78, 5) is 32.4. The minimum absolute atomic E-state index is 0.0748. The third-order valence-corrected chi connectivity index (χ3v) is 6.63. The summed E-state index contributed by atoms with van der Waals surface area (Å²) >= 11 is 1.26. The van der Waals surface area contributed by atoms with Crippen molar-refractivity contribution < 1.29 is 14.7 Å². The molecule has 1 fully saturated rings. The Kier molecular flexibility index (Phi) is 6.05. The maximum absolute atomic E-state index is 13.4. The van der Waals surface area contributed by atoms with Crippen LogP contribution in [0.5, 0.6) is 0 Å². The van der Waals surface area contributed by atoms with Gasteiger partial charge >= 0.3 is 0 Å². The van der Waals surface area contributed by atoms with Gasteiger partial charge in [0, 0.05) is 25.3 Å². The Hall–Kier alpha value is -2.78. The number of rotatable bonds is 4. The number of fused-ring (bicyclic) bond motifs is 1. The molecule has 0 aliphatic carbocycles. The third kappa shape index (κ3) is 4.40. The highest BCUT2D eigenvalue weighted by atomic mass is 32.1. The van der Waals surface area contributed by atoms with Crippen LogP contribution in [-0.4, -0.2) is 56.3 Å². The summed E-state index contributed by atoms with van der Waals surface area (Å²) < 4.78 is 2.41. The van der Waals surface area contributed by atoms with Crippen LogP contribution in [0, 0.1) is 12.8 Å². The Labute approximate surface area is 191 Å². The van der Waals surface area contributed by atoms with E-state index in [4.69, 9.17) is 0 Å². The molecular weight excluding hydrogens is 426 g/mol. The summed E-state index contributed by atoms with van der Waals surface area (Å²) in [7, 11) is 0. The zero-order valence-electron chi connectivity index (χ0n) is 18.9. The van der Waals surface area contributed by atoms with E-state index in [9.17, 15) is 14.7 Å². The van der Waals surface area contributed by atoms with E-state index in [1.807, 2.05) is 39.8 Å². The number of likely N-dealkylation sites (tertiary alicyclic amines) is 1. The number of piperidine rings is 1. The number of hydrogen-bond donors (Lipinski definition) is 2. The predicted molar refractivity (Wildman–Crippen MR) is 125 cm³/mol. The largest absolute Gasteiger partial charge is 0.396 e. The van der Waals surface area contributed by atoms with Gasteiger partial charge in [0.2, 0.25) is 0 Å². The lowest BCUT2D eigenvalue weighted by Crippen LogP contribution is -2.41. The second-order valence-corrected chi connectivity index (χ2v) is 10.4. The fourth-order valence-corrected chi connectivity index (χ4v) is 4.80. The second kappa shape index (κ2) is 8.63. The molecule has 1 aromatic carbocycles. The van der Waals surface area contributed by atoms with Crippen LogP contribution in [0.15, 0.2) is 24.3 Å². The van der Waals surface area contributed by atoms with Crippen molar-refractivity contribution in [2.45, 2.75) is 46.1 Å². The van der Waals surface area contributed by atoms with Crippen LogP contribution in [0.25, 0.3) is 10.3 Å². The van der Waals surface area contributed by atoms with E-state index >= 15 is 0 Å². The maximum atomic E-state index is 13.4. The fourth-order valence-electron chi connectivity index (χ4n) is 3.89. The summed E-state index contributed by atoms with van der Waals surface area (Å²) in [5, 5.41) is 17.5. The second-order valence-electron chi connectivity index (χ2n) is 9.37. The molecule has 0 saturated carbocycles. The average molecular weight is 456 g/mol. The van der Waals surface area contributed by atoms with Gasteiger partial charge in [-0.05, 0) is 58.6 Å². The van der Waals surface area contributed by atoms with Gasteiger partial charge in [0.25, 0.3) is 11.8 Å². The number of thiazole rings is 1. The van der Waals surface area contributed by atoms with Gasteiger partial charge in [-0.2, -0.15) is 10.1 Å². The molecule has 1 aliphatic rings. The number of aliphatic hydroxyl groups excluding tert-OH is 1. The standard InChI is InChI=1S/C23H29N5O3S/c1-14-7-9-16(10-8-14)20(30)25-22-24-19-18(32-22)17(26-28(19)23(2,3)4)21(31)27-11-5-6-15(12-27)13-29/h7-10,15,29H,5-6,11-13H2,1-4H3,(H,24,25,30). The predicted octanol–water partition coefficient (Wildman–Crippen LogP) is 3.65. The van der Waals surface area contributed by atoms with Crippen molar-refractivity contribution in [2.24, 2.45) is 5.92 Å². The Morgan fingerprint density at radius 1 is 1.25 bits per heavy atom. The summed E-state index contributed by atoms with van der Waals surface area (Å²) in [6.07, 6.45) is 1.78. The van der Waals surface area contributed by atoms with Crippen molar-refractivity contribution in [3.05, 3.63) is 41.1 Å². The van der Waals surface area contributed by atoms with Gasteiger partial charge in [0.15, 0.2) is 16.5 Å². The van der Waals surface area contributed by atoms with E-state index in [0.717, 1.165) is 18.4 Å². The van der Waals surface area contributed by atoms with Crippen LogP contribution in [0.3, 0.4) is 0 Å². The summed E-state index contributed by atoms with van der Waals surface area (Å²) in [5.74, 6) is -0.304. The molecule has 3 aromatic rings. The van der Waals surface area contributed by atoms with Crippen LogP contribution in [0.1, 0.15) is 60.0 Å². The van der Waals surface area contributed by atoms with E-state index in [1.165, 1.54) is 11.3 Å². The van der Waals surface area contributed by atoms with Gasteiger partial charge in [0.1, 0.15) is 4.70 Å². The smallest absolute Gasteiger partial charge is 0.275 e. The first-order chi connectivity index (χ1) is 15.2. The molecule has 170 valence electrons. The number of aliphatic hydroxyl groups is 1. The minimum Gasteiger partial charge on any atom is -0.396 e. The molecule has 1 saturated heterocycles. The summed E-state index contributed by atoms with van der Waals surface area (Å²) in [6.45, 7) is 9.22. The molecule has 1 aliphatic heterocycles. The van der Waals surface area contributed by atoms with Crippen molar-refractivity contribution >= 4 is 38.6 Å². The van der Waals surface area contributed by atoms with Crippen LogP contribution >= 0.6 is 11.3 Å². The van der Waals surface area contributed by atoms with E-state index in [1.54, 1.807) is 21.7 Å². The average Bonchev–Trinajstić information content (AvgIpc) is 3.32. The normalized spacial score (nSPS) is 17.0. The number of amides is 2. The zero-order chi connectivity index (χ0) is 23.0. The SMILES string of the molecule is Cc1ccc(C(=O)Nc2nc3c(s2)c(C(=O)N2CCCC(CO)C2)nn3C(C)(C)C)cc1. The van der Waals surface area contributed by atoms with Crippen LogP contribution in [0.4, 0.5) is 5.13 Å². The first-order valence-electron chi connectivity index (χ1n) is 10.9. The Bertz CT molecular complexity index is 1140. The van der Waals surface area contributed by atoms with Crippen molar-refractivity contribution in [1.82, 2.24) is 19.7 Å². The Morgan fingerprint density at radius 2 is 1.97 bits per heavy atom. The molecule has 32 heavy (non-hydrogen) atoms. The maximum Gasteiger partial charge on any atom is 0.275 e. The first kappa shape index (κ1) is 22.4. The molecule has 0 bridgehead atoms. The van der Waals surface area contributed by atoms with Gasteiger partial charge in [-0.3, -0.25) is 14.9 Å². The molecule has 8 nitrogen and oxygen atoms in total. The highest BCUT2D eigenvalue weighted by Gasteiger charge is 2.31. The fraction of sp³-hybridized carbons (Fsp3) is 0.478. The monoisotopic (exact) mass is 455 g/mol. The number of nitrogens with zero attached hydrogens (tertiary/aromatic N) is 4. The van der Waals surface area contributed by atoms with E-state index in [0.29, 0.717) is 39.8 Å². The molecule has 4 rings (SSSR count). The van der Waals surface area contributed by atoms with Crippen LogP contribution < -0.4 is 5.32 Å². The van der Waals surface area contributed by atoms with Crippen LogP contribution in [0.2, 0.25) is 0 Å². The van der Waals surface area contributed by atoms with E-state index < -0.39 is 5.54 Å². The number of carbonyl (C=O) groups is 2. The van der Waals surface area contributed by atoms with Crippen molar-refractivity contribution in [1.29, 1.82) is 0 Å². The molecule has 9 heteroatoms. The number of anilines is 1. The number of aryl methyl sites for hydroxylation is 1. The van der Waals surface area contributed by atoms with E-state index in [-0.39, 0.29) is 24.3 Å². The molecule has 2 N–H and O–H groups in total. The van der Waals surface area contributed by atoms with Gasteiger partial charge < -0.3 is 10.0 Å². The van der Waals surface area contributed by atoms with Gasteiger partial charge in [0.05, 0.1) is 5.54 Å². The third-order valence-electron chi connectivity index (χ3n) is 5.66. The van der Waals surface area contributed by atoms with Gasteiger partial charge in [-0.1, -0.05) is 29.0 Å². The van der Waals surface area contributed by atoms with Crippen LogP contribution in [-0.2, 0) is 5.54 Å². The molecule has 1 unspecified atom stereocenters. The number of hydrogen-bond acceptors (Lipinski definition) is 6. The van der Waals surface area contributed by atoms with Crippen molar-refractivity contribution in [2.75, 3.05) is 25.0 Å². The lowest BCUT2D eigenvalue weighted by Gasteiger charge is -2.31. The highest BCUT2D eigenvalue weighted by Crippen LogP contribution is 2.33.